The average Bonchev–Trinajstić information content (AvgIpc) is 2.55. The maximum atomic E-state index is 2.48. The van der Waals surface area contributed by atoms with Gasteiger partial charge < -0.3 is 0 Å². The van der Waals surface area contributed by atoms with Gasteiger partial charge in [-0.1, -0.05) is 43.9 Å². The van der Waals surface area contributed by atoms with Crippen molar-refractivity contribution in [3.05, 3.63) is 23.8 Å². The Labute approximate surface area is 69.7 Å². The zero-order valence-electron chi connectivity index (χ0n) is 7.16. The van der Waals surface area contributed by atoms with Crippen molar-refractivity contribution in [1.82, 2.24) is 0 Å². The van der Waals surface area contributed by atoms with Gasteiger partial charge in [-0.25, -0.2) is 0 Å². The van der Waals surface area contributed by atoms with Crippen LogP contribution in [0.15, 0.2) is 23.8 Å². The fraction of sp³-hybridized carbons (Fsp3) is 0.600. The molecule has 0 N–H and O–H groups in total. The summed E-state index contributed by atoms with van der Waals surface area (Å²) in [5, 5.41) is 0. The Hall–Kier alpha value is -0.0900. The number of rotatable bonds is 1. The van der Waals surface area contributed by atoms with Gasteiger partial charge in [-0.05, 0) is 25.2 Å². The molecule has 11 heavy (non-hydrogen) atoms. The average molecular weight is 167 g/mol. The first-order valence-electron chi connectivity index (χ1n) is 4.54. The lowest BCUT2D eigenvalue weighted by molar-refractivity contribution is 0.886. The van der Waals surface area contributed by atoms with Gasteiger partial charge in [0.25, 0.3) is 0 Å². The van der Waals surface area contributed by atoms with E-state index in [1.54, 1.807) is 0 Å². The summed E-state index contributed by atoms with van der Waals surface area (Å²) in [5.74, 6) is 4.95. The highest BCUT2D eigenvalue weighted by Crippen LogP contribution is 2.68. The van der Waals surface area contributed by atoms with Crippen LogP contribution in [0.2, 0.25) is 0 Å². The maximum Gasteiger partial charge on any atom is -0.0181 e. The van der Waals surface area contributed by atoms with Crippen molar-refractivity contribution in [2.45, 2.75) is 31.3 Å². The first-order chi connectivity index (χ1) is 5.31. The number of allylic oxidation sites excluding steroid dienone is 2. The van der Waals surface area contributed by atoms with Crippen LogP contribution in [0.25, 0.3) is 0 Å². The molecular weight excluding hydrogens is 151 g/mol. The topological polar surface area (TPSA) is 0 Å². The lowest BCUT2D eigenvalue weighted by atomic mass is 10.4. The molecule has 2 aliphatic rings. The summed E-state index contributed by atoms with van der Waals surface area (Å²) in [5.41, 5.74) is 1.04. The standard InChI is InChI=1S/C10H16P/c1-11(8-4-5-9-11)10-6-2-3-7-10/h4-5,8-10H,2-3,6-7H2,1H3. The van der Waals surface area contributed by atoms with Crippen molar-refractivity contribution in [1.29, 1.82) is 0 Å². The van der Waals surface area contributed by atoms with E-state index in [4.69, 9.17) is 0 Å². The van der Waals surface area contributed by atoms with E-state index in [2.05, 4.69) is 30.5 Å². The van der Waals surface area contributed by atoms with Gasteiger partial charge in [0.15, 0.2) is 0 Å². The summed E-state index contributed by atoms with van der Waals surface area (Å²) in [7, 11) is -0.729. The van der Waals surface area contributed by atoms with Crippen LogP contribution in [0.5, 0.6) is 0 Å². The molecule has 1 aliphatic carbocycles. The number of hydrogen-bond acceptors (Lipinski definition) is 0. The lowest BCUT2D eigenvalue weighted by Gasteiger charge is -2.29. The van der Waals surface area contributed by atoms with Crippen molar-refractivity contribution in [2.24, 2.45) is 0 Å². The molecule has 61 valence electrons. The number of hydrogen-bond donors (Lipinski definition) is 0. The lowest BCUT2D eigenvalue weighted by Crippen LogP contribution is -2.02. The molecule has 0 spiro atoms. The normalized spacial score (nSPS) is 28.5. The summed E-state index contributed by atoms with van der Waals surface area (Å²) >= 11 is 0. The predicted molar refractivity (Wildman–Crippen MR) is 53.4 cm³/mol. The Morgan fingerprint density at radius 2 is 1.64 bits per heavy atom. The SMILES string of the molecule is C[P]1(C2CCCC2)C=CC=C1. The highest BCUT2D eigenvalue weighted by atomic mass is 31.2. The van der Waals surface area contributed by atoms with E-state index in [9.17, 15) is 0 Å². The zero-order valence-corrected chi connectivity index (χ0v) is 8.06. The third-order valence-electron chi connectivity index (χ3n) is 3.04. The van der Waals surface area contributed by atoms with Gasteiger partial charge in [0.1, 0.15) is 0 Å². The first-order valence-corrected chi connectivity index (χ1v) is 6.98. The Kier molecular flexibility index (Phi) is 1.89. The highest BCUT2D eigenvalue weighted by molar-refractivity contribution is 7.81. The van der Waals surface area contributed by atoms with Crippen LogP contribution < -0.4 is 0 Å². The summed E-state index contributed by atoms with van der Waals surface area (Å²) in [6.45, 7) is 2.48. The van der Waals surface area contributed by atoms with E-state index in [1.807, 2.05) is 0 Å². The molecule has 0 bridgehead atoms. The third-order valence-corrected chi connectivity index (χ3v) is 6.76. The largest absolute Gasteiger partial charge is 0.0848 e. The van der Waals surface area contributed by atoms with Crippen molar-refractivity contribution < 1.29 is 0 Å². The third kappa shape index (κ3) is 1.29. The molecule has 0 saturated heterocycles. The maximum absolute atomic E-state index is 2.48. The Balaban J connectivity index is 2.13. The van der Waals surface area contributed by atoms with E-state index in [1.165, 1.54) is 25.7 Å². The molecular formula is C10H16P. The monoisotopic (exact) mass is 167 g/mol. The molecule has 0 aromatic carbocycles. The second-order valence-electron chi connectivity index (χ2n) is 3.84. The summed E-state index contributed by atoms with van der Waals surface area (Å²) in [4.78, 5) is 0. The molecule has 1 heteroatoms. The zero-order chi connectivity index (χ0) is 7.73. The molecule has 2 rings (SSSR count). The highest BCUT2D eigenvalue weighted by Gasteiger charge is 2.30. The van der Waals surface area contributed by atoms with Crippen molar-refractivity contribution >= 4 is 7.26 Å². The molecule has 0 amide bonds. The first kappa shape index (κ1) is 7.55. The van der Waals surface area contributed by atoms with E-state index >= 15 is 0 Å². The minimum absolute atomic E-state index is 0.729. The van der Waals surface area contributed by atoms with Gasteiger partial charge in [-0.2, -0.15) is 0 Å². The van der Waals surface area contributed by atoms with Crippen molar-refractivity contribution in [3.8, 4) is 0 Å². The Morgan fingerprint density at radius 1 is 1.09 bits per heavy atom. The quantitative estimate of drug-likeness (QED) is 0.523. The fourth-order valence-corrected chi connectivity index (χ4v) is 5.23. The minimum Gasteiger partial charge on any atom is -0.0848 e. The van der Waals surface area contributed by atoms with Crippen LogP contribution >= 0.6 is 7.26 Å². The fourth-order valence-electron chi connectivity index (χ4n) is 2.22. The van der Waals surface area contributed by atoms with Gasteiger partial charge in [-0.3, -0.25) is 0 Å². The minimum atomic E-state index is -0.729. The summed E-state index contributed by atoms with van der Waals surface area (Å²) < 4.78 is 0. The molecule has 1 heterocycles. The van der Waals surface area contributed by atoms with Crippen LogP contribution in [0, 0.1) is 0 Å². The van der Waals surface area contributed by atoms with Gasteiger partial charge in [0.05, 0.1) is 0 Å². The van der Waals surface area contributed by atoms with Crippen LogP contribution in [0.1, 0.15) is 25.7 Å². The van der Waals surface area contributed by atoms with Gasteiger partial charge in [0.2, 0.25) is 0 Å². The van der Waals surface area contributed by atoms with Gasteiger partial charge >= 0.3 is 0 Å². The molecule has 1 aliphatic heterocycles. The van der Waals surface area contributed by atoms with Gasteiger partial charge in [-0.15, -0.1) is 0 Å². The van der Waals surface area contributed by atoms with Crippen LogP contribution in [0.4, 0.5) is 0 Å². The Bertz CT molecular complexity index is 185. The van der Waals surface area contributed by atoms with E-state index in [0.29, 0.717) is 0 Å². The molecule has 0 nitrogen and oxygen atoms in total. The Morgan fingerprint density at radius 3 is 2.18 bits per heavy atom. The van der Waals surface area contributed by atoms with Gasteiger partial charge in [0, 0.05) is 0 Å². The molecule has 1 radical (unpaired) electrons. The van der Waals surface area contributed by atoms with Crippen molar-refractivity contribution in [2.75, 3.05) is 6.66 Å². The van der Waals surface area contributed by atoms with E-state index in [0.717, 1.165) is 5.66 Å². The van der Waals surface area contributed by atoms with E-state index < -0.39 is 7.26 Å². The predicted octanol–water partition coefficient (Wildman–Crippen LogP) is 3.62. The molecule has 0 atom stereocenters. The van der Waals surface area contributed by atoms with E-state index in [-0.39, 0.29) is 0 Å². The second-order valence-corrected chi connectivity index (χ2v) is 7.61. The molecule has 0 aromatic rings. The van der Waals surface area contributed by atoms with Crippen molar-refractivity contribution in [3.63, 3.8) is 0 Å². The molecule has 0 unspecified atom stereocenters. The van der Waals surface area contributed by atoms with Crippen LogP contribution in [0.3, 0.4) is 0 Å². The van der Waals surface area contributed by atoms with Crippen LogP contribution in [-0.2, 0) is 0 Å². The smallest absolute Gasteiger partial charge is 0.0181 e. The van der Waals surface area contributed by atoms with Crippen LogP contribution in [-0.4, -0.2) is 12.3 Å². The summed E-state index contributed by atoms with van der Waals surface area (Å²) in [6, 6.07) is 0. The molecule has 1 saturated carbocycles. The second kappa shape index (κ2) is 2.75. The molecule has 1 fully saturated rings. The molecule has 0 aromatic heterocycles. The summed E-state index contributed by atoms with van der Waals surface area (Å²) in [6.07, 6.45) is 10.4.